The Morgan fingerprint density at radius 3 is 2.90 bits per heavy atom. The molecule has 0 spiro atoms. The van der Waals surface area contributed by atoms with Crippen LogP contribution in [0.1, 0.15) is 6.92 Å². The van der Waals surface area contributed by atoms with Crippen LogP contribution in [0.25, 0.3) is 0 Å². The first-order valence-corrected chi connectivity index (χ1v) is 4.15. The fraction of sp³-hybridized carbons (Fsp3) is 1.00. The van der Waals surface area contributed by atoms with E-state index in [4.69, 9.17) is 16.3 Å². The molecule has 2 unspecified atom stereocenters. The van der Waals surface area contributed by atoms with Gasteiger partial charge in [-0.05, 0) is 14.0 Å². The van der Waals surface area contributed by atoms with Crippen LogP contribution in [0.3, 0.4) is 0 Å². The first-order valence-electron chi connectivity index (χ1n) is 3.62. The van der Waals surface area contributed by atoms with Crippen molar-refractivity contribution in [1.82, 2.24) is 4.90 Å². The number of hydrogen-bond donors (Lipinski definition) is 0. The van der Waals surface area contributed by atoms with Crippen molar-refractivity contribution in [1.29, 1.82) is 0 Å². The van der Waals surface area contributed by atoms with Crippen molar-refractivity contribution in [2.75, 3.05) is 26.1 Å². The predicted octanol–water partition coefficient (Wildman–Crippen LogP) is 0.944. The zero-order chi connectivity index (χ0) is 7.56. The van der Waals surface area contributed by atoms with Crippen LogP contribution in [0.15, 0.2) is 0 Å². The van der Waals surface area contributed by atoms with Gasteiger partial charge in [0.1, 0.15) is 0 Å². The Bertz CT molecular complexity index is 110. The number of nitrogens with zero attached hydrogens (tertiary/aromatic N) is 1. The fourth-order valence-corrected chi connectivity index (χ4v) is 1.24. The van der Waals surface area contributed by atoms with Crippen LogP contribution in [-0.4, -0.2) is 43.1 Å². The molecule has 0 aromatic carbocycles. The summed E-state index contributed by atoms with van der Waals surface area (Å²) in [6, 6.07) is 0.541. The molecule has 0 aliphatic carbocycles. The third-order valence-corrected chi connectivity index (χ3v) is 2.33. The first-order chi connectivity index (χ1) is 4.74. The minimum atomic E-state index is 0.239. The molecular weight excluding hydrogens is 150 g/mol. The van der Waals surface area contributed by atoms with E-state index in [1.54, 1.807) is 0 Å². The minimum Gasteiger partial charge on any atom is -0.374 e. The molecule has 10 heavy (non-hydrogen) atoms. The zero-order valence-electron chi connectivity index (χ0n) is 6.51. The van der Waals surface area contributed by atoms with Crippen molar-refractivity contribution < 1.29 is 4.74 Å². The second-order valence-corrected chi connectivity index (χ2v) is 3.21. The SMILES string of the molecule is CC1COC(CCl)CN1C. The molecule has 0 aromatic rings. The van der Waals surface area contributed by atoms with Crippen LogP contribution in [0.2, 0.25) is 0 Å². The maximum absolute atomic E-state index is 5.64. The zero-order valence-corrected chi connectivity index (χ0v) is 7.27. The van der Waals surface area contributed by atoms with Gasteiger partial charge in [-0.15, -0.1) is 11.6 Å². The van der Waals surface area contributed by atoms with Gasteiger partial charge in [-0.3, -0.25) is 4.90 Å². The van der Waals surface area contributed by atoms with Gasteiger partial charge in [0.2, 0.25) is 0 Å². The lowest BCUT2D eigenvalue weighted by Gasteiger charge is -2.34. The molecule has 2 nitrogen and oxygen atoms in total. The Kier molecular flexibility index (Phi) is 2.96. The molecule has 1 aliphatic heterocycles. The summed E-state index contributed by atoms with van der Waals surface area (Å²) >= 11 is 5.64. The highest BCUT2D eigenvalue weighted by molar-refractivity contribution is 6.18. The average Bonchev–Trinajstić information content (AvgIpc) is 1.95. The maximum atomic E-state index is 5.64. The molecule has 0 bridgehead atoms. The molecule has 1 saturated heterocycles. The summed E-state index contributed by atoms with van der Waals surface area (Å²) in [4.78, 5) is 2.27. The summed E-state index contributed by atoms with van der Waals surface area (Å²) in [5.41, 5.74) is 0. The first kappa shape index (κ1) is 8.31. The summed E-state index contributed by atoms with van der Waals surface area (Å²) in [6.45, 7) is 3.93. The minimum absolute atomic E-state index is 0.239. The summed E-state index contributed by atoms with van der Waals surface area (Å²) in [5.74, 6) is 0.608. The number of alkyl halides is 1. The van der Waals surface area contributed by atoms with Crippen molar-refractivity contribution in [3.05, 3.63) is 0 Å². The van der Waals surface area contributed by atoms with Gasteiger partial charge in [-0.1, -0.05) is 0 Å². The third kappa shape index (κ3) is 1.84. The van der Waals surface area contributed by atoms with Crippen molar-refractivity contribution in [2.24, 2.45) is 0 Å². The van der Waals surface area contributed by atoms with Crippen LogP contribution < -0.4 is 0 Å². The highest BCUT2D eigenvalue weighted by atomic mass is 35.5. The van der Waals surface area contributed by atoms with Gasteiger partial charge in [-0.2, -0.15) is 0 Å². The van der Waals surface area contributed by atoms with E-state index < -0.39 is 0 Å². The van der Waals surface area contributed by atoms with E-state index in [1.807, 2.05) is 0 Å². The molecule has 0 aromatic heterocycles. The van der Waals surface area contributed by atoms with E-state index in [-0.39, 0.29) is 6.10 Å². The number of rotatable bonds is 1. The van der Waals surface area contributed by atoms with E-state index in [0.29, 0.717) is 11.9 Å². The number of halogens is 1. The van der Waals surface area contributed by atoms with Crippen LogP contribution in [0, 0.1) is 0 Å². The Morgan fingerprint density at radius 1 is 1.70 bits per heavy atom. The van der Waals surface area contributed by atoms with Gasteiger partial charge in [-0.25, -0.2) is 0 Å². The number of hydrogen-bond acceptors (Lipinski definition) is 2. The number of likely N-dealkylation sites (N-methyl/N-ethyl adjacent to an activating group) is 1. The summed E-state index contributed by atoms with van der Waals surface area (Å²) < 4.78 is 5.44. The van der Waals surface area contributed by atoms with Crippen molar-refractivity contribution in [2.45, 2.75) is 19.1 Å². The number of ether oxygens (including phenoxy) is 1. The molecule has 0 radical (unpaired) electrons. The molecule has 1 aliphatic rings. The average molecular weight is 164 g/mol. The normalized spacial score (nSPS) is 36.3. The van der Waals surface area contributed by atoms with Gasteiger partial charge in [0, 0.05) is 18.5 Å². The Hall–Kier alpha value is 0.210. The predicted molar refractivity (Wildman–Crippen MR) is 42.6 cm³/mol. The van der Waals surface area contributed by atoms with Gasteiger partial charge in [0.05, 0.1) is 12.7 Å². The van der Waals surface area contributed by atoms with Gasteiger partial charge >= 0.3 is 0 Å². The van der Waals surface area contributed by atoms with Crippen LogP contribution in [0.4, 0.5) is 0 Å². The van der Waals surface area contributed by atoms with Crippen molar-refractivity contribution in [3.63, 3.8) is 0 Å². The molecule has 0 saturated carbocycles. The summed E-state index contributed by atoms with van der Waals surface area (Å²) in [6.07, 6.45) is 0.239. The molecule has 3 heteroatoms. The topological polar surface area (TPSA) is 12.5 Å². The highest BCUT2D eigenvalue weighted by Gasteiger charge is 2.21. The smallest absolute Gasteiger partial charge is 0.0837 e. The maximum Gasteiger partial charge on any atom is 0.0837 e. The van der Waals surface area contributed by atoms with Gasteiger partial charge < -0.3 is 4.74 Å². The Labute approximate surface area is 67.1 Å². The van der Waals surface area contributed by atoms with E-state index in [1.165, 1.54) is 0 Å². The summed E-state index contributed by atoms with van der Waals surface area (Å²) in [5, 5.41) is 0. The molecule has 2 atom stereocenters. The fourth-order valence-electron chi connectivity index (χ4n) is 1.05. The van der Waals surface area contributed by atoms with E-state index in [0.717, 1.165) is 13.2 Å². The second kappa shape index (κ2) is 3.56. The molecule has 1 rings (SSSR count). The van der Waals surface area contributed by atoms with Crippen molar-refractivity contribution in [3.8, 4) is 0 Å². The quantitative estimate of drug-likeness (QED) is 0.534. The molecule has 60 valence electrons. The lowest BCUT2D eigenvalue weighted by Crippen LogP contribution is -2.46. The lowest BCUT2D eigenvalue weighted by molar-refractivity contribution is -0.0371. The Morgan fingerprint density at radius 2 is 2.40 bits per heavy atom. The van der Waals surface area contributed by atoms with E-state index in [9.17, 15) is 0 Å². The molecule has 1 fully saturated rings. The standard InChI is InChI=1S/C7H14ClNO/c1-6-5-10-7(3-8)4-9(6)2/h6-7H,3-5H2,1-2H3. The van der Waals surface area contributed by atoms with E-state index >= 15 is 0 Å². The lowest BCUT2D eigenvalue weighted by atomic mass is 10.2. The highest BCUT2D eigenvalue weighted by Crippen LogP contribution is 2.09. The second-order valence-electron chi connectivity index (χ2n) is 2.90. The molecule has 1 heterocycles. The molecular formula is C7H14ClNO. The third-order valence-electron chi connectivity index (χ3n) is 1.99. The molecule has 0 amide bonds. The van der Waals surface area contributed by atoms with E-state index in [2.05, 4.69) is 18.9 Å². The van der Waals surface area contributed by atoms with Crippen LogP contribution in [-0.2, 0) is 4.74 Å². The van der Waals surface area contributed by atoms with Crippen molar-refractivity contribution >= 4 is 11.6 Å². The van der Waals surface area contributed by atoms with Crippen LogP contribution >= 0.6 is 11.6 Å². The Balaban J connectivity index is 2.33. The molecule has 0 N–H and O–H groups in total. The van der Waals surface area contributed by atoms with Gasteiger partial charge in [0.25, 0.3) is 0 Å². The van der Waals surface area contributed by atoms with Gasteiger partial charge in [0.15, 0.2) is 0 Å². The van der Waals surface area contributed by atoms with Crippen LogP contribution in [0.5, 0.6) is 0 Å². The monoisotopic (exact) mass is 163 g/mol. The summed E-state index contributed by atoms with van der Waals surface area (Å²) in [7, 11) is 2.10. The largest absolute Gasteiger partial charge is 0.374 e. The number of morpholine rings is 1.